The molecule has 1 fully saturated rings. The molecule has 1 amide bonds. The summed E-state index contributed by atoms with van der Waals surface area (Å²) in [6, 6.07) is 9.76. The predicted molar refractivity (Wildman–Crippen MR) is 151 cm³/mol. The number of hydrogen-bond donors (Lipinski definition) is 1. The smallest absolute Gasteiger partial charge is 0.242 e. The Morgan fingerprint density at radius 3 is 2.35 bits per heavy atom. The molecule has 0 aliphatic carbocycles. The Bertz CT molecular complexity index is 1040. The van der Waals surface area contributed by atoms with Gasteiger partial charge in [-0.05, 0) is 62.7 Å². The van der Waals surface area contributed by atoms with Gasteiger partial charge in [-0.3, -0.25) is 4.79 Å². The van der Waals surface area contributed by atoms with E-state index in [2.05, 4.69) is 48.1 Å². The van der Waals surface area contributed by atoms with E-state index in [1.165, 1.54) is 0 Å². The van der Waals surface area contributed by atoms with Crippen molar-refractivity contribution in [3.8, 4) is 22.8 Å². The summed E-state index contributed by atoms with van der Waals surface area (Å²) in [6.07, 6.45) is 0.984. The van der Waals surface area contributed by atoms with E-state index in [1.807, 2.05) is 40.1 Å². The normalized spacial score (nSPS) is 13.6. The van der Waals surface area contributed by atoms with Crippen LogP contribution >= 0.6 is 12.2 Å². The van der Waals surface area contributed by atoms with E-state index in [9.17, 15) is 4.79 Å². The van der Waals surface area contributed by atoms with Crippen LogP contribution < -0.4 is 19.7 Å². The van der Waals surface area contributed by atoms with Crippen LogP contribution in [-0.2, 0) is 4.79 Å². The van der Waals surface area contributed by atoms with Gasteiger partial charge in [0.25, 0.3) is 0 Å². The Morgan fingerprint density at radius 2 is 1.78 bits per heavy atom. The topological polar surface area (TPSA) is 83.1 Å². The monoisotopic (exact) mass is 528 g/mol. The van der Waals surface area contributed by atoms with Gasteiger partial charge >= 0.3 is 0 Å². The maximum Gasteiger partial charge on any atom is 0.242 e. The maximum atomic E-state index is 13.1. The van der Waals surface area contributed by atoms with Crippen LogP contribution in [0.4, 0.5) is 5.82 Å². The summed E-state index contributed by atoms with van der Waals surface area (Å²) in [5.74, 6) is 2.84. The molecular formula is C27H40N6O3S. The molecule has 0 atom stereocenters. The van der Waals surface area contributed by atoms with E-state index >= 15 is 0 Å². The number of nitrogens with zero attached hydrogens (tertiary/aromatic N) is 5. The van der Waals surface area contributed by atoms with Gasteiger partial charge in [0.1, 0.15) is 11.5 Å². The highest BCUT2D eigenvalue weighted by atomic mass is 32.1. The van der Waals surface area contributed by atoms with Crippen LogP contribution in [0.1, 0.15) is 34.1 Å². The molecule has 2 heterocycles. The first-order chi connectivity index (χ1) is 17.7. The summed E-state index contributed by atoms with van der Waals surface area (Å²) < 4.78 is 10.8. The standard InChI is InChI=1S/C27H40N6O3S/c1-19(2)11-12-33(27(37)28-20(3)4)18-26(34)32-15-13-31(14-16-32)25-10-9-23(29-30-25)22-8-7-21(35-5)17-24(22)36-6/h7-10,17,19-20H,11-16,18H2,1-6H3,(H,28,37). The summed E-state index contributed by atoms with van der Waals surface area (Å²) in [5.41, 5.74) is 1.58. The number of benzene rings is 1. The quantitative estimate of drug-likeness (QED) is 0.466. The van der Waals surface area contributed by atoms with Crippen LogP contribution in [0.5, 0.6) is 11.5 Å². The molecular weight excluding hydrogens is 488 g/mol. The third-order valence-electron chi connectivity index (χ3n) is 6.29. The van der Waals surface area contributed by atoms with Gasteiger partial charge in [0, 0.05) is 50.4 Å². The number of methoxy groups -OCH3 is 2. The Kier molecular flexibility index (Phi) is 10.3. The second kappa shape index (κ2) is 13.4. The molecule has 0 spiro atoms. The number of aromatic nitrogens is 2. The SMILES string of the molecule is COc1ccc(-c2ccc(N3CCN(C(=O)CN(CCC(C)C)C(=S)NC(C)C)CC3)nn2)c(OC)c1. The number of rotatable bonds is 10. The summed E-state index contributed by atoms with van der Waals surface area (Å²) >= 11 is 5.59. The summed E-state index contributed by atoms with van der Waals surface area (Å²) in [5, 5.41) is 12.8. The fourth-order valence-corrected chi connectivity index (χ4v) is 4.49. The van der Waals surface area contributed by atoms with Crippen molar-refractivity contribution in [3.63, 3.8) is 0 Å². The summed E-state index contributed by atoms with van der Waals surface area (Å²) in [6.45, 7) is 12.2. The molecule has 10 heteroatoms. The van der Waals surface area contributed by atoms with Gasteiger partial charge in [-0.1, -0.05) is 13.8 Å². The molecule has 3 rings (SSSR count). The molecule has 0 saturated carbocycles. The zero-order chi connectivity index (χ0) is 26.9. The molecule has 1 aliphatic heterocycles. The first kappa shape index (κ1) is 28.4. The van der Waals surface area contributed by atoms with Crippen molar-refractivity contribution < 1.29 is 14.3 Å². The average Bonchev–Trinajstić information content (AvgIpc) is 2.90. The number of nitrogens with one attached hydrogen (secondary N) is 1. The molecule has 1 aliphatic rings. The fraction of sp³-hybridized carbons (Fsp3) is 0.556. The predicted octanol–water partition coefficient (Wildman–Crippen LogP) is 3.44. The minimum atomic E-state index is 0.101. The number of carbonyl (C=O) groups excluding carboxylic acids is 1. The van der Waals surface area contributed by atoms with Crippen molar-refractivity contribution >= 4 is 29.1 Å². The molecule has 202 valence electrons. The van der Waals surface area contributed by atoms with E-state index in [0.717, 1.165) is 35.8 Å². The van der Waals surface area contributed by atoms with E-state index in [0.29, 0.717) is 49.5 Å². The second-order valence-electron chi connectivity index (χ2n) is 9.92. The van der Waals surface area contributed by atoms with E-state index < -0.39 is 0 Å². The first-order valence-electron chi connectivity index (χ1n) is 12.9. The molecule has 1 N–H and O–H groups in total. The third-order valence-corrected chi connectivity index (χ3v) is 6.67. The van der Waals surface area contributed by atoms with Crippen LogP contribution in [-0.4, -0.2) is 90.5 Å². The molecule has 0 unspecified atom stereocenters. The van der Waals surface area contributed by atoms with Crippen molar-refractivity contribution in [1.29, 1.82) is 0 Å². The minimum absolute atomic E-state index is 0.101. The van der Waals surface area contributed by atoms with Crippen molar-refractivity contribution in [1.82, 2.24) is 25.3 Å². The maximum absolute atomic E-state index is 13.1. The highest BCUT2D eigenvalue weighted by Gasteiger charge is 2.25. The Balaban J connectivity index is 1.59. The third kappa shape index (κ3) is 7.92. The Labute approximate surface area is 226 Å². The lowest BCUT2D eigenvalue weighted by atomic mass is 10.1. The lowest BCUT2D eigenvalue weighted by Gasteiger charge is -2.36. The molecule has 9 nitrogen and oxygen atoms in total. The molecule has 2 aromatic rings. The number of thiocarbonyl (C=S) groups is 1. The molecule has 1 aromatic carbocycles. The van der Waals surface area contributed by atoms with E-state index in [1.54, 1.807) is 14.2 Å². The summed E-state index contributed by atoms with van der Waals surface area (Å²) in [4.78, 5) is 19.2. The van der Waals surface area contributed by atoms with Crippen LogP contribution in [0.25, 0.3) is 11.3 Å². The van der Waals surface area contributed by atoms with Crippen LogP contribution in [0.3, 0.4) is 0 Å². The number of amides is 1. The number of piperazine rings is 1. The highest BCUT2D eigenvalue weighted by molar-refractivity contribution is 7.80. The second-order valence-corrected chi connectivity index (χ2v) is 10.3. The Morgan fingerprint density at radius 1 is 1.05 bits per heavy atom. The minimum Gasteiger partial charge on any atom is -0.497 e. The Hall–Kier alpha value is -3.14. The number of anilines is 1. The van der Waals surface area contributed by atoms with Crippen LogP contribution in [0.2, 0.25) is 0 Å². The van der Waals surface area contributed by atoms with Crippen molar-refractivity contribution in [2.75, 3.05) is 58.4 Å². The number of ether oxygens (including phenoxy) is 2. The van der Waals surface area contributed by atoms with Crippen molar-refractivity contribution in [2.24, 2.45) is 5.92 Å². The van der Waals surface area contributed by atoms with Gasteiger partial charge in [-0.15, -0.1) is 10.2 Å². The molecule has 0 bridgehead atoms. The average molecular weight is 529 g/mol. The zero-order valence-electron chi connectivity index (χ0n) is 22.9. The first-order valence-corrected chi connectivity index (χ1v) is 13.3. The molecule has 1 aromatic heterocycles. The summed E-state index contributed by atoms with van der Waals surface area (Å²) in [7, 11) is 3.25. The van der Waals surface area contributed by atoms with E-state index in [4.69, 9.17) is 21.7 Å². The van der Waals surface area contributed by atoms with Gasteiger partial charge in [0.15, 0.2) is 10.9 Å². The van der Waals surface area contributed by atoms with Crippen LogP contribution in [0.15, 0.2) is 30.3 Å². The molecule has 0 radical (unpaired) electrons. The lowest BCUT2D eigenvalue weighted by Crippen LogP contribution is -2.53. The molecule has 37 heavy (non-hydrogen) atoms. The highest BCUT2D eigenvalue weighted by Crippen LogP contribution is 2.32. The van der Waals surface area contributed by atoms with Gasteiger partial charge < -0.3 is 29.5 Å². The van der Waals surface area contributed by atoms with Gasteiger partial charge in [-0.25, -0.2) is 0 Å². The van der Waals surface area contributed by atoms with Crippen molar-refractivity contribution in [3.05, 3.63) is 30.3 Å². The largest absolute Gasteiger partial charge is 0.497 e. The zero-order valence-corrected chi connectivity index (χ0v) is 23.7. The van der Waals surface area contributed by atoms with Gasteiger partial charge in [0.2, 0.25) is 5.91 Å². The lowest BCUT2D eigenvalue weighted by molar-refractivity contribution is -0.131. The molecule has 1 saturated heterocycles. The van der Waals surface area contributed by atoms with E-state index in [-0.39, 0.29) is 11.9 Å². The van der Waals surface area contributed by atoms with Gasteiger partial charge in [-0.2, -0.15) is 0 Å². The number of carbonyl (C=O) groups is 1. The van der Waals surface area contributed by atoms with Gasteiger partial charge in [0.05, 0.1) is 26.5 Å². The fourth-order valence-electron chi connectivity index (χ4n) is 4.10. The van der Waals surface area contributed by atoms with Crippen molar-refractivity contribution in [2.45, 2.75) is 40.2 Å². The van der Waals surface area contributed by atoms with Crippen LogP contribution in [0, 0.1) is 5.92 Å². The number of hydrogen-bond acceptors (Lipinski definition) is 7.